The number of furan rings is 1. The van der Waals surface area contributed by atoms with Crippen molar-refractivity contribution in [1.29, 1.82) is 0 Å². The van der Waals surface area contributed by atoms with E-state index in [4.69, 9.17) is 10.2 Å². The fraction of sp³-hybridized carbons (Fsp3) is 0.273. The summed E-state index contributed by atoms with van der Waals surface area (Å²) < 4.78 is 6.95. The minimum Gasteiger partial charge on any atom is -0.436 e. The van der Waals surface area contributed by atoms with Crippen LogP contribution < -0.4 is 11.1 Å². The Morgan fingerprint density at radius 3 is 3.06 bits per heavy atom. The number of hydrogen-bond acceptors (Lipinski definition) is 4. The second-order valence-electron chi connectivity index (χ2n) is 3.61. The van der Waals surface area contributed by atoms with Gasteiger partial charge in [-0.1, -0.05) is 0 Å². The van der Waals surface area contributed by atoms with E-state index in [0.717, 1.165) is 13.0 Å². The number of amides is 1. The number of carbonyl (C=O) groups excluding carboxylic acids is 1. The number of imidazole rings is 1. The molecule has 2 aromatic rings. The van der Waals surface area contributed by atoms with Gasteiger partial charge in [0, 0.05) is 31.5 Å². The number of hydrogen-bond donors (Lipinski definition) is 2. The van der Waals surface area contributed by atoms with Crippen molar-refractivity contribution in [3.8, 4) is 0 Å². The summed E-state index contributed by atoms with van der Waals surface area (Å²) in [5.41, 5.74) is 5.38. The van der Waals surface area contributed by atoms with Crippen LogP contribution in [0.5, 0.6) is 0 Å². The fourth-order valence-electron chi connectivity index (χ4n) is 1.44. The summed E-state index contributed by atoms with van der Waals surface area (Å²) in [5.74, 6) is 0.242. The molecule has 0 aliphatic carbocycles. The fourth-order valence-corrected chi connectivity index (χ4v) is 1.44. The van der Waals surface area contributed by atoms with Crippen LogP contribution in [0.4, 0.5) is 5.88 Å². The summed E-state index contributed by atoms with van der Waals surface area (Å²) >= 11 is 0. The maximum Gasteiger partial charge on any atom is 0.287 e. The molecular weight excluding hydrogens is 220 g/mol. The molecule has 0 unspecified atom stereocenters. The van der Waals surface area contributed by atoms with Crippen LogP contribution in [0.25, 0.3) is 0 Å². The first-order chi connectivity index (χ1) is 8.25. The number of nitrogens with one attached hydrogen (secondary N) is 1. The molecule has 0 saturated heterocycles. The molecule has 0 bridgehead atoms. The largest absolute Gasteiger partial charge is 0.436 e. The van der Waals surface area contributed by atoms with Gasteiger partial charge in [-0.3, -0.25) is 4.79 Å². The van der Waals surface area contributed by atoms with E-state index in [-0.39, 0.29) is 17.6 Å². The molecule has 0 aliphatic rings. The highest BCUT2D eigenvalue weighted by Crippen LogP contribution is 2.08. The molecule has 90 valence electrons. The SMILES string of the molecule is Nc1ccc(C(=O)NCCCn2ccnc2)o1. The highest BCUT2D eigenvalue weighted by molar-refractivity contribution is 5.91. The number of nitrogens with zero attached hydrogens (tertiary/aromatic N) is 2. The number of aromatic nitrogens is 2. The standard InChI is InChI=1S/C11H14N4O2/c12-10-3-2-9(17-10)11(16)14-4-1-6-15-7-5-13-8-15/h2-3,5,7-8H,1,4,6,12H2,(H,14,16). The monoisotopic (exact) mass is 234 g/mol. The van der Waals surface area contributed by atoms with Crippen LogP contribution in [0.2, 0.25) is 0 Å². The van der Waals surface area contributed by atoms with Gasteiger partial charge in [0.2, 0.25) is 0 Å². The first-order valence-electron chi connectivity index (χ1n) is 5.35. The number of nitrogens with two attached hydrogens (primary N) is 1. The van der Waals surface area contributed by atoms with Gasteiger partial charge < -0.3 is 20.0 Å². The lowest BCUT2D eigenvalue weighted by Gasteiger charge is -2.03. The third-order valence-electron chi connectivity index (χ3n) is 2.29. The van der Waals surface area contributed by atoms with Gasteiger partial charge in [0.05, 0.1) is 6.33 Å². The van der Waals surface area contributed by atoms with Crippen molar-refractivity contribution in [3.05, 3.63) is 36.6 Å². The molecule has 0 atom stereocenters. The Morgan fingerprint density at radius 2 is 2.41 bits per heavy atom. The molecule has 2 rings (SSSR count). The molecule has 17 heavy (non-hydrogen) atoms. The third kappa shape index (κ3) is 3.10. The average molecular weight is 234 g/mol. The van der Waals surface area contributed by atoms with Gasteiger partial charge in [0.1, 0.15) is 0 Å². The third-order valence-corrected chi connectivity index (χ3v) is 2.29. The number of carbonyl (C=O) groups is 1. The molecule has 0 saturated carbocycles. The van der Waals surface area contributed by atoms with Crippen LogP contribution in [0.1, 0.15) is 17.0 Å². The summed E-state index contributed by atoms with van der Waals surface area (Å²) in [6.07, 6.45) is 6.19. The Balaban J connectivity index is 1.70. The zero-order valence-electron chi connectivity index (χ0n) is 9.30. The molecule has 0 aromatic carbocycles. The molecule has 3 N–H and O–H groups in total. The minimum absolute atomic E-state index is 0.241. The van der Waals surface area contributed by atoms with Gasteiger partial charge >= 0.3 is 0 Å². The van der Waals surface area contributed by atoms with E-state index >= 15 is 0 Å². The second-order valence-corrected chi connectivity index (χ2v) is 3.61. The maximum absolute atomic E-state index is 11.5. The lowest BCUT2D eigenvalue weighted by molar-refractivity contribution is 0.0926. The summed E-state index contributed by atoms with van der Waals surface area (Å²) in [7, 11) is 0. The number of rotatable bonds is 5. The van der Waals surface area contributed by atoms with Gasteiger partial charge in [-0.15, -0.1) is 0 Å². The topological polar surface area (TPSA) is 86.1 Å². The molecule has 1 amide bonds. The number of nitrogen functional groups attached to an aromatic ring is 1. The van der Waals surface area contributed by atoms with Crippen molar-refractivity contribution < 1.29 is 9.21 Å². The van der Waals surface area contributed by atoms with Gasteiger partial charge in [-0.05, 0) is 12.5 Å². The van der Waals surface area contributed by atoms with E-state index in [1.165, 1.54) is 0 Å². The van der Waals surface area contributed by atoms with Gasteiger partial charge in [-0.25, -0.2) is 4.98 Å². The van der Waals surface area contributed by atoms with Gasteiger partial charge in [0.15, 0.2) is 11.6 Å². The van der Waals surface area contributed by atoms with Gasteiger partial charge in [0.25, 0.3) is 5.91 Å². The predicted molar refractivity (Wildman–Crippen MR) is 62.3 cm³/mol. The molecule has 6 nitrogen and oxygen atoms in total. The van der Waals surface area contributed by atoms with Crippen molar-refractivity contribution >= 4 is 11.8 Å². The Labute approximate surface area is 98.4 Å². The van der Waals surface area contributed by atoms with Crippen LogP contribution in [0, 0.1) is 0 Å². The van der Waals surface area contributed by atoms with E-state index in [1.807, 2.05) is 10.8 Å². The van der Waals surface area contributed by atoms with Crippen LogP contribution >= 0.6 is 0 Å². The van der Waals surface area contributed by atoms with E-state index in [9.17, 15) is 4.79 Å². The molecule has 0 aliphatic heterocycles. The quantitative estimate of drug-likeness (QED) is 0.752. The Bertz CT molecular complexity index is 475. The lowest BCUT2D eigenvalue weighted by Crippen LogP contribution is -2.24. The molecule has 0 spiro atoms. The van der Waals surface area contributed by atoms with E-state index in [0.29, 0.717) is 6.54 Å². The van der Waals surface area contributed by atoms with E-state index in [2.05, 4.69) is 10.3 Å². The van der Waals surface area contributed by atoms with Crippen LogP contribution in [0.3, 0.4) is 0 Å². The molecule has 0 radical (unpaired) electrons. The smallest absolute Gasteiger partial charge is 0.287 e. The maximum atomic E-state index is 11.5. The Morgan fingerprint density at radius 1 is 1.53 bits per heavy atom. The van der Waals surface area contributed by atoms with E-state index in [1.54, 1.807) is 24.7 Å². The predicted octanol–water partition coefficient (Wildman–Crippen LogP) is 0.878. The number of aryl methyl sites for hydroxylation is 1. The highest BCUT2D eigenvalue weighted by atomic mass is 16.4. The van der Waals surface area contributed by atoms with Crippen LogP contribution in [-0.2, 0) is 6.54 Å². The van der Waals surface area contributed by atoms with Gasteiger partial charge in [-0.2, -0.15) is 0 Å². The summed E-state index contributed by atoms with van der Waals surface area (Å²) in [6.45, 7) is 1.40. The lowest BCUT2D eigenvalue weighted by atomic mass is 10.4. The second kappa shape index (κ2) is 5.20. The average Bonchev–Trinajstić information content (AvgIpc) is 2.95. The highest BCUT2D eigenvalue weighted by Gasteiger charge is 2.08. The number of anilines is 1. The minimum atomic E-state index is -0.243. The summed E-state index contributed by atoms with van der Waals surface area (Å²) in [6, 6.07) is 3.11. The normalized spacial score (nSPS) is 10.4. The van der Waals surface area contributed by atoms with Crippen molar-refractivity contribution in [2.45, 2.75) is 13.0 Å². The molecule has 2 heterocycles. The molecule has 0 fully saturated rings. The summed E-state index contributed by atoms with van der Waals surface area (Å²) in [4.78, 5) is 15.5. The van der Waals surface area contributed by atoms with Crippen molar-refractivity contribution in [2.75, 3.05) is 12.3 Å². The molecule has 2 aromatic heterocycles. The first-order valence-corrected chi connectivity index (χ1v) is 5.35. The van der Waals surface area contributed by atoms with E-state index < -0.39 is 0 Å². The van der Waals surface area contributed by atoms with Crippen molar-refractivity contribution in [3.63, 3.8) is 0 Å². The summed E-state index contributed by atoms with van der Waals surface area (Å²) in [5, 5.41) is 2.75. The van der Waals surface area contributed by atoms with Crippen LogP contribution in [0.15, 0.2) is 35.3 Å². The van der Waals surface area contributed by atoms with Crippen molar-refractivity contribution in [2.24, 2.45) is 0 Å². The Kier molecular flexibility index (Phi) is 3.44. The Hall–Kier alpha value is -2.24. The van der Waals surface area contributed by atoms with Crippen molar-refractivity contribution in [1.82, 2.24) is 14.9 Å². The zero-order chi connectivity index (χ0) is 12.1. The zero-order valence-corrected chi connectivity index (χ0v) is 9.30. The molecular formula is C11H14N4O2. The van der Waals surface area contributed by atoms with Crippen LogP contribution in [-0.4, -0.2) is 22.0 Å². The molecule has 6 heteroatoms. The first kappa shape index (κ1) is 11.3.